The first-order chi connectivity index (χ1) is 9.84. The van der Waals surface area contributed by atoms with Gasteiger partial charge >= 0.3 is 5.97 Å². The van der Waals surface area contributed by atoms with Crippen molar-refractivity contribution in [3.63, 3.8) is 0 Å². The van der Waals surface area contributed by atoms with Gasteiger partial charge in [-0.2, -0.15) is 0 Å². The first-order valence-corrected chi connectivity index (χ1v) is 7.60. The van der Waals surface area contributed by atoms with Crippen LogP contribution >= 0.6 is 0 Å². The molecular weight excluding hydrogens is 272 g/mol. The second-order valence-electron chi connectivity index (χ2n) is 5.47. The van der Waals surface area contributed by atoms with Gasteiger partial charge in [0.15, 0.2) is 0 Å². The minimum absolute atomic E-state index is 0.0320. The standard InChI is InChI=1S/C15H28N2O4/c1-12(2)17(11-7-9-15(20)21)14(19)8-5-4-6-10-16-13(3)18/h12H,4-11H2,1-3H3,(H,16,18)(H,20,21). The molecule has 6 heteroatoms. The Hall–Kier alpha value is -1.59. The lowest BCUT2D eigenvalue weighted by molar-refractivity contribution is -0.138. The maximum absolute atomic E-state index is 12.1. The third-order valence-corrected chi connectivity index (χ3v) is 3.17. The molecule has 0 unspecified atom stereocenters. The average molecular weight is 300 g/mol. The number of aliphatic carboxylic acids is 1. The Balaban J connectivity index is 3.90. The van der Waals surface area contributed by atoms with E-state index in [1.54, 1.807) is 4.90 Å². The molecule has 0 aromatic heterocycles. The maximum Gasteiger partial charge on any atom is 0.303 e. The highest BCUT2D eigenvalue weighted by Gasteiger charge is 2.16. The molecule has 2 N–H and O–H groups in total. The van der Waals surface area contributed by atoms with Crippen LogP contribution < -0.4 is 5.32 Å². The normalized spacial score (nSPS) is 10.5. The summed E-state index contributed by atoms with van der Waals surface area (Å²) in [4.78, 5) is 35.0. The predicted octanol–water partition coefficient (Wildman–Crippen LogP) is 1.78. The Morgan fingerprint density at radius 2 is 1.71 bits per heavy atom. The highest BCUT2D eigenvalue weighted by molar-refractivity contribution is 5.76. The first-order valence-electron chi connectivity index (χ1n) is 7.60. The molecule has 0 spiro atoms. The summed E-state index contributed by atoms with van der Waals surface area (Å²) in [6.45, 7) is 6.51. The third kappa shape index (κ3) is 10.8. The fourth-order valence-electron chi connectivity index (χ4n) is 2.06. The molecule has 0 aromatic carbocycles. The molecule has 0 aliphatic carbocycles. The van der Waals surface area contributed by atoms with Crippen LogP contribution in [0.2, 0.25) is 0 Å². The number of hydrogen-bond donors (Lipinski definition) is 2. The number of rotatable bonds is 11. The summed E-state index contributed by atoms with van der Waals surface area (Å²) in [5.41, 5.74) is 0. The van der Waals surface area contributed by atoms with E-state index in [-0.39, 0.29) is 24.3 Å². The van der Waals surface area contributed by atoms with Crippen LogP contribution in [-0.4, -0.2) is 46.9 Å². The van der Waals surface area contributed by atoms with Crippen LogP contribution in [0.25, 0.3) is 0 Å². The summed E-state index contributed by atoms with van der Waals surface area (Å²) in [5, 5.41) is 11.4. The van der Waals surface area contributed by atoms with Gasteiger partial charge < -0.3 is 15.3 Å². The van der Waals surface area contributed by atoms with Gasteiger partial charge in [-0.05, 0) is 33.1 Å². The number of carbonyl (C=O) groups is 3. The second kappa shape index (κ2) is 11.1. The van der Waals surface area contributed by atoms with Crippen molar-refractivity contribution in [2.45, 2.75) is 65.3 Å². The van der Waals surface area contributed by atoms with Gasteiger partial charge in [0.05, 0.1) is 0 Å². The fraction of sp³-hybridized carbons (Fsp3) is 0.800. The van der Waals surface area contributed by atoms with Crippen molar-refractivity contribution in [1.29, 1.82) is 0 Å². The molecular formula is C15H28N2O4. The lowest BCUT2D eigenvalue weighted by Crippen LogP contribution is -2.37. The molecule has 0 radical (unpaired) electrons. The third-order valence-electron chi connectivity index (χ3n) is 3.17. The Morgan fingerprint density at radius 1 is 1.05 bits per heavy atom. The van der Waals surface area contributed by atoms with Gasteiger partial charge in [-0.15, -0.1) is 0 Å². The maximum atomic E-state index is 12.1. The molecule has 0 atom stereocenters. The van der Waals surface area contributed by atoms with Gasteiger partial charge in [0.25, 0.3) is 0 Å². The zero-order chi connectivity index (χ0) is 16.3. The molecule has 0 fully saturated rings. The predicted molar refractivity (Wildman–Crippen MR) is 80.9 cm³/mol. The van der Waals surface area contributed by atoms with E-state index in [1.165, 1.54) is 6.92 Å². The van der Waals surface area contributed by atoms with E-state index in [0.717, 1.165) is 19.3 Å². The Morgan fingerprint density at radius 3 is 2.24 bits per heavy atom. The number of nitrogens with zero attached hydrogens (tertiary/aromatic N) is 1. The van der Waals surface area contributed by atoms with Gasteiger partial charge in [-0.1, -0.05) is 6.42 Å². The molecule has 0 aliphatic rings. The topological polar surface area (TPSA) is 86.7 Å². The van der Waals surface area contributed by atoms with Crippen LogP contribution in [0.1, 0.15) is 59.3 Å². The molecule has 122 valence electrons. The van der Waals surface area contributed by atoms with Crippen LogP contribution in [0.3, 0.4) is 0 Å². The number of carbonyl (C=O) groups excluding carboxylic acids is 2. The second-order valence-corrected chi connectivity index (χ2v) is 5.47. The summed E-state index contributed by atoms with van der Waals surface area (Å²) in [6.07, 6.45) is 3.61. The van der Waals surface area contributed by atoms with Crippen LogP contribution in [0.15, 0.2) is 0 Å². The Labute approximate surface area is 126 Å². The molecule has 0 aromatic rings. The van der Waals surface area contributed by atoms with Crippen LogP contribution in [0.5, 0.6) is 0 Å². The Kier molecular flexibility index (Phi) is 10.3. The minimum atomic E-state index is -0.830. The summed E-state index contributed by atoms with van der Waals surface area (Å²) in [5.74, 6) is -0.783. The van der Waals surface area contributed by atoms with E-state index in [9.17, 15) is 14.4 Å². The molecule has 0 saturated heterocycles. The van der Waals surface area contributed by atoms with Gasteiger partial charge in [0.2, 0.25) is 11.8 Å². The largest absolute Gasteiger partial charge is 0.481 e. The fourth-order valence-corrected chi connectivity index (χ4v) is 2.06. The van der Waals surface area contributed by atoms with Crippen molar-refractivity contribution >= 4 is 17.8 Å². The number of nitrogens with one attached hydrogen (secondary N) is 1. The summed E-state index contributed by atoms with van der Waals surface area (Å²) >= 11 is 0. The van der Waals surface area contributed by atoms with Crippen molar-refractivity contribution < 1.29 is 19.5 Å². The van der Waals surface area contributed by atoms with E-state index in [4.69, 9.17) is 5.11 Å². The lowest BCUT2D eigenvalue weighted by Gasteiger charge is -2.26. The summed E-state index contributed by atoms with van der Waals surface area (Å²) in [6, 6.07) is 0.0886. The molecule has 2 amide bonds. The van der Waals surface area contributed by atoms with Crippen LogP contribution in [0.4, 0.5) is 0 Å². The molecule has 0 saturated carbocycles. The van der Waals surface area contributed by atoms with Crippen molar-refractivity contribution in [2.75, 3.05) is 13.1 Å². The number of hydrogen-bond acceptors (Lipinski definition) is 3. The quantitative estimate of drug-likeness (QED) is 0.569. The SMILES string of the molecule is CC(=O)NCCCCCC(=O)N(CCCC(=O)O)C(C)C. The molecule has 0 heterocycles. The molecule has 0 aliphatic heterocycles. The van der Waals surface area contributed by atoms with Crippen molar-refractivity contribution in [1.82, 2.24) is 10.2 Å². The molecule has 0 rings (SSSR count). The smallest absolute Gasteiger partial charge is 0.303 e. The molecule has 21 heavy (non-hydrogen) atoms. The average Bonchev–Trinajstić information content (AvgIpc) is 2.37. The van der Waals surface area contributed by atoms with E-state index < -0.39 is 5.97 Å². The molecule has 0 bridgehead atoms. The van der Waals surface area contributed by atoms with Gasteiger partial charge in [0.1, 0.15) is 0 Å². The van der Waals surface area contributed by atoms with Gasteiger partial charge in [-0.25, -0.2) is 0 Å². The summed E-state index contributed by atoms with van der Waals surface area (Å²) in [7, 11) is 0. The Bertz CT molecular complexity index is 343. The highest BCUT2D eigenvalue weighted by atomic mass is 16.4. The monoisotopic (exact) mass is 300 g/mol. The zero-order valence-electron chi connectivity index (χ0n) is 13.4. The van der Waals surface area contributed by atoms with Crippen LogP contribution in [0, 0.1) is 0 Å². The number of carboxylic acids is 1. The number of carboxylic acid groups (broad SMARTS) is 1. The van der Waals surface area contributed by atoms with Crippen molar-refractivity contribution in [2.24, 2.45) is 0 Å². The zero-order valence-corrected chi connectivity index (χ0v) is 13.4. The van der Waals surface area contributed by atoms with E-state index >= 15 is 0 Å². The van der Waals surface area contributed by atoms with E-state index in [0.29, 0.717) is 25.9 Å². The van der Waals surface area contributed by atoms with Gasteiger partial charge in [0, 0.05) is 38.9 Å². The highest BCUT2D eigenvalue weighted by Crippen LogP contribution is 2.08. The van der Waals surface area contributed by atoms with Crippen molar-refractivity contribution in [3.05, 3.63) is 0 Å². The van der Waals surface area contributed by atoms with Crippen molar-refractivity contribution in [3.8, 4) is 0 Å². The molecule has 6 nitrogen and oxygen atoms in total. The summed E-state index contributed by atoms with van der Waals surface area (Å²) < 4.78 is 0. The minimum Gasteiger partial charge on any atom is -0.481 e. The van der Waals surface area contributed by atoms with Gasteiger partial charge in [-0.3, -0.25) is 14.4 Å². The van der Waals surface area contributed by atoms with E-state index in [2.05, 4.69) is 5.32 Å². The first kappa shape index (κ1) is 19.4. The number of unbranched alkanes of at least 4 members (excludes halogenated alkanes) is 2. The van der Waals surface area contributed by atoms with E-state index in [1.807, 2.05) is 13.8 Å². The van der Waals surface area contributed by atoms with Crippen LogP contribution in [-0.2, 0) is 14.4 Å². The lowest BCUT2D eigenvalue weighted by atomic mass is 10.1. The number of amides is 2.